The molecule has 0 aliphatic heterocycles. The van der Waals surface area contributed by atoms with Crippen molar-refractivity contribution in [3.8, 4) is 0 Å². The fraction of sp³-hybridized carbons (Fsp3) is 0.250. The van der Waals surface area contributed by atoms with E-state index in [4.69, 9.17) is 5.11 Å². The summed E-state index contributed by atoms with van der Waals surface area (Å²) in [4.78, 5) is 36.5. The standard InChI is InChI=1S/C12H12N2O4/c15-9-13-6-11(16)14(8-12(17)18)7-10-4-2-1-3-5-10/h1-5H,6-8H2,(H,17,18). The van der Waals surface area contributed by atoms with Gasteiger partial charge in [0.2, 0.25) is 12.0 Å². The normalized spacial score (nSPS) is 9.33. The van der Waals surface area contributed by atoms with Gasteiger partial charge in [0.15, 0.2) is 0 Å². The predicted molar refractivity (Wildman–Crippen MR) is 62.5 cm³/mol. The minimum atomic E-state index is -1.12. The van der Waals surface area contributed by atoms with Crippen molar-refractivity contribution >= 4 is 18.0 Å². The largest absolute Gasteiger partial charge is 0.480 e. The van der Waals surface area contributed by atoms with Crippen molar-refractivity contribution < 1.29 is 19.5 Å². The molecule has 6 heteroatoms. The molecule has 18 heavy (non-hydrogen) atoms. The van der Waals surface area contributed by atoms with Gasteiger partial charge in [-0.25, -0.2) is 4.79 Å². The molecule has 0 bridgehead atoms. The van der Waals surface area contributed by atoms with Gasteiger partial charge in [0.25, 0.3) is 0 Å². The maximum absolute atomic E-state index is 11.6. The summed E-state index contributed by atoms with van der Waals surface area (Å²) in [6.45, 7) is -0.647. The molecule has 1 rings (SSSR count). The number of amides is 1. The number of aliphatic imine (C=N–C) groups is 1. The second kappa shape index (κ2) is 6.98. The van der Waals surface area contributed by atoms with Gasteiger partial charge in [-0.1, -0.05) is 30.3 Å². The fourth-order valence-corrected chi connectivity index (χ4v) is 1.40. The Morgan fingerprint density at radius 1 is 1.28 bits per heavy atom. The minimum Gasteiger partial charge on any atom is -0.480 e. The van der Waals surface area contributed by atoms with Crippen molar-refractivity contribution in [2.45, 2.75) is 6.54 Å². The monoisotopic (exact) mass is 248 g/mol. The summed E-state index contributed by atoms with van der Waals surface area (Å²) in [7, 11) is 0. The third kappa shape index (κ3) is 4.59. The molecular formula is C12H12N2O4. The molecular weight excluding hydrogens is 236 g/mol. The molecule has 1 aromatic rings. The molecule has 1 N–H and O–H groups in total. The van der Waals surface area contributed by atoms with Crippen molar-refractivity contribution in [1.29, 1.82) is 0 Å². The van der Waals surface area contributed by atoms with E-state index >= 15 is 0 Å². The lowest BCUT2D eigenvalue weighted by Gasteiger charge is -2.19. The highest BCUT2D eigenvalue weighted by Crippen LogP contribution is 2.04. The van der Waals surface area contributed by atoms with Gasteiger partial charge >= 0.3 is 5.97 Å². The van der Waals surface area contributed by atoms with Crippen molar-refractivity contribution in [2.75, 3.05) is 13.1 Å². The van der Waals surface area contributed by atoms with Crippen LogP contribution in [-0.4, -0.2) is 41.1 Å². The summed E-state index contributed by atoms with van der Waals surface area (Å²) in [5, 5.41) is 8.73. The molecule has 0 radical (unpaired) electrons. The average molecular weight is 248 g/mol. The van der Waals surface area contributed by atoms with Crippen LogP contribution in [0.5, 0.6) is 0 Å². The van der Waals surface area contributed by atoms with Crippen LogP contribution in [0.25, 0.3) is 0 Å². The van der Waals surface area contributed by atoms with Gasteiger partial charge in [-0.05, 0) is 5.56 Å². The first-order valence-corrected chi connectivity index (χ1v) is 5.20. The zero-order valence-electron chi connectivity index (χ0n) is 9.57. The van der Waals surface area contributed by atoms with Crippen molar-refractivity contribution in [2.24, 2.45) is 4.99 Å². The zero-order valence-corrected chi connectivity index (χ0v) is 9.57. The molecule has 0 heterocycles. The lowest BCUT2D eigenvalue weighted by atomic mass is 10.2. The fourth-order valence-electron chi connectivity index (χ4n) is 1.40. The van der Waals surface area contributed by atoms with E-state index in [1.54, 1.807) is 24.3 Å². The number of hydrogen-bond acceptors (Lipinski definition) is 4. The molecule has 6 nitrogen and oxygen atoms in total. The lowest BCUT2D eigenvalue weighted by molar-refractivity contribution is -0.144. The number of aliphatic carboxylic acids is 1. The lowest BCUT2D eigenvalue weighted by Crippen LogP contribution is -2.36. The summed E-state index contributed by atoms with van der Waals surface area (Å²) in [6, 6.07) is 8.98. The molecule has 0 saturated heterocycles. The number of carboxylic acids is 1. The molecule has 0 saturated carbocycles. The Labute approximate surface area is 104 Å². The molecule has 0 aliphatic carbocycles. The SMILES string of the molecule is O=C=NCC(=O)N(CC(=O)O)Cc1ccccc1. The maximum atomic E-state index is 11.6. The Hall–Kier alpha value is -2.46. The Balaban J connectivity index is 2.75. The van der Waals surface area contributed by atoms with Gasteiger partial charge in [0, 0.05) is 6.54 Å². The molecule has 94 valence electrons. The number of carbonyl (C=O) groups is 2. The molecule has 0 unspecified atom stereocenters. The van der Waals surface area contributed by atoms with Gasteiger partial charge in [0.05, 0.1) is 0 Å². The van der Waals surface area contributed by atoms with E-state index in [9.17, 15) is 14.4 Å². The second-order valence-corrected chi connectivity index (χ2v) is 3.54. The number of carbonyl (C=O) groups excluding carboxylic acids is 2. The average Bonchev–Trinajstić information content (AvgIpc) is 2.36. The summed E-state index contributed by atoms with van der Waals surface area (Å²) in [5.74, 6) is -1.64. The minimum absolute atomic E-state index is 0.167. The first-order chi connectivity index (χ1) is 8.63. The Morgan fingerprint density at radius 3 is 2.50 bits per heavy atom. The van der Waals surface area contributed by atoms with Crippen LogP contribution in [0.3, 0.4) is 0 Å². The van der Waals surface area contributed by atoms with Gasteiger partial charge < -0.3 is 10.0 Å². The molecule has 0 fully saturated rings. The Morgan fingerprint density at radius 2 is 1.94 bits per heavy atom. The third-order valence-corrected chi connectivity index (χ3v) is 2.17. The highest BCUT2D eigenvalue weighted by Gasteiger charge is 2.16. The highest BCUT2D eigenvalue weighted by molar-refractivity contribution is 5.83. The van der Waals surface area contributed by atoms with Crippen molar-refractivity contribution in [1.82, 2.24) is 4.90 Å². The Kier molecular flexibility index (Phi) is 5.28. The maximum Gasteiger partial charge on any atom is 0.323 e. The Bertz CT molecular complexity index is 466. The van der Waals surface area contributed by atoms with Crippen molar-refractivity contribution in [3.63, 3.8) is 0 Å². The van der Waals surface area contributed by atoms with Crippen LogP contribution >= 0.6 is 0 Å². The summed E-state index contributed by atoms with van der Waals surface area (Å²) >= 11 is 0. The number of nitrogens with zero attached hydrogens (tertiary/aromatic N) is 2. The quantitative estimate of drug-likeness (QED) is 0.584. The van der Waals surface area contributed by atoms with Crippen LogP contribution in [0.2, 0.25) is 0 Å². The van der Waals surface area contributed by atoms with Crippen molar-refractivity contribution in [3.05, 3.63) is 35.9 Å². The summed E-state index contributed by atoms with van der Waals surface area (Å²) in [6.07, 6.45) is 1.25. The molecule has 1 amide bonds. The van der Waals surface area contributed by atoms with Crippen LogP contribution in [0.4, 0.5) is 0 Å². The predicted octanol–water partition coefficient (Wildman–Crippen LogP) is 0.436. The van der Waals surface area contributed by atoms with E-state index in [1.807, 2.05) is 6.07 Å². The van der Waals surface area contributed by atoms with Gasteiger partial charge in [0.1, 0.15) is 13.1 Å². The van der Waals surface area contributed by atoms with E-state index in [0.717, 1.165) is 10.5 Å². The number of hydrogen-bond donors (Lipinski definition) is 1. The van der Waals surface area contributed by atoms with Crippen LogP contribution in [0.15, 0.2) is 35.3 Å². The third-order valence-electron chi connectivity index (χ3n) is 2.17. The first kappa shape index (κ1) is 13.6. The highest BCUT2D eigenvalue weighted by atomic mass is 16.4. The van der Waals surface area contributed by atoms with E-state index < -0.39 is 18.4 Å². The molecule has 0 aliphatic rings. The van der Waals surface area contributed by atoms with E-state index in [2.05, 4.69) is 4.99 Å². The van der Waals surface area contributed by atoms with Crippen LogP contribution in [0.1, 0.15) is 5.56 Å². The smallest absolute Gasteiger partial charge is 0.323 e. The number of rotatable bonds is 6. The number of isocyanates is 1. The molecule has 1 aromatic carbocycles. The first-order valence-electron chi connectivity index (χ1n) is 5.20. The second-order valence-electron chi connectivity index (χ2n) is 3.54. The zero-order chi connectivity index (χ0) is 13.4. The van der Waals surface area contributed by atoms with Crippen LogP contribution < -0.4 is 0 Å². The van der Waals surface area contributed by atoms with Crippen LogP contribution in [0, 0.1) is 0 Å². The molecule has 0 spiro atoms. The van der Waals surface area contributed by atoms with Gasteiger partial charge in [-0.15, -0.1) is 0 Å². The van der Waals surface area contributed by atoms with Gasteiger partial charge in [-0.3, -0.25) is 9.59 Å². The van der Waals surface area contributed by atoms with Crippen LogP contribution in [-0.2, 0) is 20.9 Å². The van der Waals surface area contributed by atoms with E-state index in [1.165, 1.54) is 6.08 Å². The number of benzene rings is 1. The van der Waals surface area contributed by atoms with E-state index in [-0.39, 0.29) is 13.1 Å². The van der Waals surface area contributed by atoms with E-state index in [0.29, 0.717) is 0 Å². The summed E-state index contributed by atoms with van der Waals surface area (Å²) < 4.78 is 0. The number of carboxylic acid groups (broad SMARTS) is 1. The molecule has 0 atom stereocenters. The topological polar surface area (TPSA) is 87.0 Å². The summed E-state index contributed by atoms with van der Waals surface area (Å²) in [5.41, 5.74) is 0.808. The van der Waals surface area contributed by atoms with Gasteiger partial charge in [-0.2, -0.15) is 4.99 Å². The molecule has 0 aromatic heterocycles.